The quantitative estimate of drug-likeness (QED) is 0.123. The van der Waals surface area contributed by atoms with Crippen molar-refractivity contribution in [2.75, 3.05) is 0 Å². The molecule has 1 spiro atoms. The minimum absolute atomic E-state index is 0.172. The van der Waals surface area contributed by atoms with Gasteiger partial charge in [-0.2, -0.15) is 0 Å². The maximum absolute atomic E-state index is 8.76. The third-order valence-corrected chi connectivity index (χ3v) is 29.9. The number of hydrogen-bond acceptors (Lipinski definition) is 4. The van der Waals surface area contributed by atoms with E-state index in [0.29, 0.717) is 33.6 Å². The van der Waals surface area contributed by atoms with Crippen molar-refractivity contribution in [3.05, 3.63) is 266 Å². The fourth-order valence-electron chi connectivity index (χ4n) is 13.7. The lowest BCUT2D eigenvalue weighted by Gasteiger charge is -2.45. The van der Waals surface area contributed by atoms with Crippen molar-refractivity contribution in [2.45, 2.75) is 33.3 Å². The van der Waals surface area contributed by atoms with Crippen molar-refractivity contribution in [1.82, 2.24) is 27.9 Å². The highest BCUT2D eigenvalue weighted by Crippen LogP contribution is 2.40. The fourth-order valence-corrected chi connectivity index (χ4v) is 28.5. The van der Waals surface area contributed by atoms with Gasteiger partial charge in [0.25, 0.3) is 0 Å². The third kappa shape index (κ3) is 6.16. The van der Waals surface area contributed by atoms with Crippen LogP contribution in [0.1, 0.15) is 19.4 Å². The van der Waals surface area contributed by atoms with Gasteiger partial charge in [-0.25, -0.2) is 9.97 Å². The average molecular weight is 1100 g/mol. The summed E-state index contributed by atoms with van der Waals surface area (Å²) in [6.45, 7) is -4.82. The summed E-state index contributed by atoms with van der Waals surface area (Å²) in [6, 6.07) is 91.1. The maximum atomic E-state index is 8.76. The van der Waals surface area contributed by atoms with Gasteiger partial charge in [0.1, 0.15) is 0 Å². The summed E-state index contributed by atoms with van der Waals surface area (Å²) in [5, 5.41) is 10.6. The molecule has 80 heavy (non-hydrogen) atoms. The average Bonchev–Trinajstić information content (AvgIpc) is 0.851. The molecule has 11 aromatic carbocycles. The lowest BCUT2D eigenvalue weighted by atomic mass is 10.2. The first-order valence-electron chi connectivity index (χ1n) is 29.8. The lowest BCUT2D eigenvalue weighted by Crippen LogP contribution is -2.80. The predicted molar refractivity (Wildman–Crippen MR) is 338 cm³/mol. The van der Waals surface area contributed by atoms with Crippen LogP contribution in [0.25, 0.3) is 67.1 Å². The molecule has 2 aliphatic rings. The molecule has 0 atom stereocenters. The van der Waals surface area contributed by atoms with E-state index in [0.717, 1.165) is 33.4 Å². The lowest BCUT2D eigenvalue weighted by molar-refractivity contribution is 1.11. The first-order valence-corrected chi connectivity index (χ1v) is 32.4. The first kappa shape index (κ1) is 40.3. The molecule has 0 N–H and O–H groups in total. The van der Waals surface area contributed by atoms with Crippen LogP contribution in [0.2, 0.25) is 0 Å². The van der Waals surface area contributed by atoms with Gasteiger partial charge < -0.3 is 0 Å². The molecule has 0 fully saturated rings. The molecule has 378 valence electrons. The summed E-state index contributed by atoms with van der Waals surface area (Å²) >= 11 is 3.80. The van der Waals surface area contributed by atoms with Crippen molar-refractivity contribution in [3.63, 3.8) is 0 Å². The van der Waals surface area contributed by atoms with Crippen LogP contribution in [-0.4, -0.2) is 44.1 Å². The summed E-state index contributed by atoms with van der Waals surface area (Å²) in [6.07, 6.45) is 0. The van der Waals surface area contributed by atoms with Crippen LogP contribution in [0.5, 0.6) is 0 Å². The SMILES string of the molecule is [2H]C([2H])([2H])c1cccc2c1nc1n(-c3ccc4c(c3)n3c5cccc(C([2H])([2H])[2H])c5nc3n4-c3cccc([Si](c4ccccc4)(c4ccccc4)c4cccc5c4Sc4ccccc4[Si]54c5ccccc5Sc5ccccc54)c3)c3ccccc3n21. The van der Waals surface area contributed by atoms with Crippen molar-refractivity contribution in [3.8, 4) is 11.4 Å². The van der Waals surface area contributed by atoms with Gasteiger partial charge in [-0.3, -0.25) is 17.9 Å². The summed E-state index contributed by atoms with van der Waals surface area (Å²) in [4.78, 5) is 15.7. The molecule has 0 aliphatic carbocycles. The highest BCUT2D eigenvalue weighted by Gasteiger charge is 2.53. The molecule has 6 heterocycles. The molecule has 0 radical (unpaired) electrons. The van der Waals surface area contributed by atoms with E-state index < -0.39 is 29.9 Å². The number of fused-ring (bicyclic) bond motifs is 18. The van der Waals surface area contributed by atoms with E-state index in [1.165, 1.54) is 61.1 Å². The number of hydrogen-bond donors (Lipinski definition) is 0. The third-order valence-electron chi connectivity index (χ3n) is 16.9. The molecular formula is C70H48N6S2Si2. The summed E-state index contributed by atoms with van der Waals surface area (Å²) < 4.78 is 60.1. The second kappa shape index (κ2) is 17.3. The topological polar surface area (TPSA) is 44.5 Å². The van der Waals surface area contributed by atoms with E-state index in [1.807, 2.05) is 58.3 Å². The molecule has 17 rings (SSSR count). The van der Waals surface area contributed by atoms with Crippen LogP contribution < -0.4 is 41.5 Å². The molecule has 0 saturated heterocycles. The van der Waals surface area contributed by atoms with Gasteiger partial charge in [-0.05, 0) is 139 Å². The molecule has 0 unspecified atom stereocenters. The van der Waals surface area contributed by atoms with Crippen LogP contribution in [0, 0.1) is 13.7 Å². The van der Waals surface area contributed by atoms with Crippen LogP contribution in [0.15, 0.2) is 274 Å². The fraction of sp³-hybridized carbons (Fsp3) is 0.0286. The Morgan fingerprint density at radius 3 is 1.45 bits per heavy atom. The van der Waals surface area contributed by atoms with Crippen LogP contribution in [0.3, 0.4) is 0 Å². The molecule has 10 heteroatoms. The molecule has 4 aromatic heterocycles. The zero-order valence-corrected chi connectivity index (χ0v) is 46.4. The van der Waals surface area contributed by atoms with Crippen molar-refractivity contribution in [2.24, 2.45) is 0 Å². The van der Waals surface area contributed by atoms with Crippen LogP contribution in [0.4, 0.5) is 0 Å². The highest BCUT2D eigenvalue weighted by atomic mass is 32.2. The smallest absolute Gasteiger partial charge is 0.220 e. The Balaban J connectivity index is 0.953. The Kier molecular flexibility index (Phi) is 8.71. The number of para-hydroxylation sites is 4. The van der Waals surface area contributed by atoms with Gasteiger partial charge in [-0.15, -0.1) is 0 Å². The van der Waals surface area contributed by atoms with Crippen molar-refractivity contribution < 1.29 is 8.22 Å². The Morgan fingerprint density at radius 1 is 0.375 bits per heavy atom. The molecule has 0 saturated carbocycles. The van der Waals surface area contributed by atoms with Gasteiger partial charge in [0.2, 0.25) is 11.6 Å². The van der Waals surface area contributed by atoms with Crippen LogP contribution in [-0.2, 0) is 0 Å². The van der Waals surface area contributed by atoms with Gasteiger partial charge in [0, 0.05) is 33.5 Å². The largest absolute Gasteiger partial charge is 0.278 e. The Morgan fingerprint density at radius 2 is 0.838 bits per heavy atom. The van der Waals surface area contributed by atoms with E-state index in [1.54, 1.807) is 24.3 Å². The standard InChI is InChI=1S/C70H48N6S2Si2/c1-45-21-17-31-55-66(45)71-69-74(52-29-9-10-30-53(52)75(55)69)48-41-42-54-57(44-48)76-56-32-18-22-46(2)67(56)72-70(76)73(54)47-23-19-28-51(43-47)79(49-24-5-3-6-25-49,50-26-7-4-8-27-50)64-39-20-40-65-68(64)78-60-35-13-16-38-63(60)80(65)61-36-14-11-33-58(61)77-59-34-12-15-37-62(59)80/h3-44H,1-2H3/i1D3,2D3. The second-order valence-corrected chi connectivity index (χ2v) is 30.4. The van der Waals surface area contributed by atoms with E-state index in [2.05, 4.69) is 214 Å². The first-order chi connectivity index (χ1) is 41.9. The second-order valence-electron chi connectivity index (χ2n) is 20.8. The zero-order chi connectivity index (χ0) is 57.8. The summed E-state index contributed by atoms with van der Waals surface area (Å²) in [5.74, 6) is 1.13. The van der Waals surface area contributed by atoms with E-state index >= 15 is 0 Å². The molecule has 2 aliphatic heterocycles. The van der Waals surface area contributed by atoms with Crippen molar-refractivity contribution in [1.29, 1.82) is 0 Å². The Hall–Kier alpha value is -8.91. The van der Waals surface area contributed by atoms with Gasteiger partial charge in [0.05, 0.1) is 49.8 Å². The van der Waals surface area contributed by atoms with E-state index in [9.17, 15) is 0 Å². The molecular weight excluding hydrogens is 1050 g/mol. The maximum Gasteiger partial charge on any atom is 0.220 e. The normalized spacial score (nSPS) is 15.1. The Bertz CT molecular complexity index is 5220. The van der Waals surface area contributed by atoms with E-state index in [4.69, 9.17) is 18.2 Å². The number of nitrogens with zero attached hydrogens (tertiary/aromatic N) is 6. The number of rotatable bonds is 6. The molecule has 6 nitrogen and oxygen atoms in total. The van der Waals surface area contributed by atoms with E-state index in [-0.39, 0.29) is 11.1 Å². The van der Waals surface area contributed by atoms with Gasteiger partial charge in [0.15, 0.2) is 16.1 Å². The Labute approximate surface area is 480 Å². The highest BCUT2D eigenvalue weighted by molar-refractivity contribution is 8.01. The summed E-state index contributed by atoms with van der Waals surface area (Å²) in [7, 11) is -6.40. The number of aromatic nitrogens is 6. The monoisotopic (exact) mass is 1100 g/mol. The van der Waals surface area contributed by atoms with Crippen molar-refractivity contribution >= 4 is 137 Å². The molecule has 0 bridgehead atoms. The zero-order valence-electron chi connectivity index (χ0n) is 48.7. The molecule has 0 amide bonds. The summed E-state index contributed by atoms with van der Waals surface area (Å²) in [5.41, 5.74) is 7.62. The molecule has 15 aromatic rings. The number of imidazole rings is 4. The number of aryl methyl sites for hydroxylation is 2. The minimum Gasteiger partial charge on any atom is -0.278 e. The predicted octanol–water partition coefficient (Wildman–Crippen LogP) is 11.5. The van der Waals surface area contributed by atoms with Gasteiger partial charge in [-0.1, -0.05) is 206 Å². The minimum atomic E-state index is -3.40. The number of benzene rings is 11. The van der Waals surface area contributed by atoms with Gasteiger partial charge >= 0.3 is 0 Å². The van der Waals surface area contributed by atoms with Crippen LogP contribution >= 0.6 is 23.5 Å².